The Hall–Kier alpha value is -4.12. The highest BCUT2D eigenvalue weighted by molar-refractivity contribution is 5.88. The van der Waals surface area contributed by atoms with Crippen LogP contribution in [0.25, 0.3) is 22.5 Å². The van der Waals surface area contributed by atoms with Crippen LogP contribution in [-0.4, -0.2) is 55.9 Å². The molecule has 1 atom stereocenters. The average Bonchev–Trinajstić information content (AvgIpc) is 3.56. The zero-order valence-corrected chi connectivity index (χ0v) is 19.4. The molecule has 3 aromatic heterocycles. The number of aromatic nitrogens is 6. The van der Waals surface area contributed by atoms with E-state index >= 15 is 0 Å². The predicted molar refractivity (Wildman–Crippen MR) is 129 cm³/mol. The van der Waals surface area contributed by atoms with Crippen molar-refractivity contribution in [2.45, 2.75) is 18.9 Å². The summed E-state index contributed by atoms with van der Waals surface area (Å²) in [5, 5.41) is 7.22. The molecule has 1 aliphatic heterocycles. The SMILES string of the molecule is CNc1cc(F)cc2c1Cc1nc(Oc3cncc(-c4ncnn4C)c3)nc(N3CC[C@@H](N)C3)c1-2. The van der Waals surface area contributed by atoms with Gasteiger partial charge in [0.05, 0.1) is 11.9 Å². The molecule has 1 aromatic carbocycles. The van der Waals surface area contributed by atoms with Crippen LogP contribution in [0.15, 0.2) is 36.9 Å². The maximum Gasteiger partial charge on any atom is 0.324 e. The van der Waals surface area contributed by atoms with Crippen molar-refractivity contribution in [3.05, 3.63) is 54.0 Å². The Morgan fingerprint density at radius 2 is 2.09 bits per heavy atom. The fraction of sp³-hybridized carbons (Fsp3) is 0.292. The van der Waals surface area contributed by atoms with Crippen molar-refractivity contribution >= 4 is 11.5 Å². The molecular weight excluding hydrogens is 449 g/mol. The predicted octanol–water partition coefficient (Wildman–Crippen LogP) is 2.75. The molecule has 3 N–H and O–H groups in total. The number of rotatable bonds is 5. The molecular formula is C24H24FN9O. The number of nitrogens with one attached hydrogen (secondary N) is 1. The van der Waals surface area contributed by atoms with E-state index < -0.39 is 0 Å². The minimum absolute atomic E-state index is 0.0542. The fourth-order valence-electron chi connectivity index (χ4n) is 4.83. The summed E-state index contributed by atoms with van der Waals surface area (Å²) in [4.78, 5) is 20.2. The number of nitrogens with zero attached hydrogens (tertiary/aromatic N) is 7. The summed E-state index contributed by atoms with van der Waals surface area (Å²) in [5.41, 5.74) is 11.1. The Morgan fingerprint density at radius 1 is 1.20 bits per heavy atom. The zero-order valence-electron chi connectivity index (χ0n) is 19.4. The lowest BCUT2D eigenvalue weighted by Crippen LogP contribution is -2.27. The van der Waals surface area contributed by atoms with Gasteiger partial charge in [0.15, 0.2) is 5.82 Å². The van der Waals surface area contributed by atoms with Gasteiger partial charge >= 0.3 is 6.01 Å². The largest absolute Gasteiger partial charge is 0.423 e. The van der Waals surface area contributed by atoms with Gasteiger partial charge < -0.3 is 20.7 Å². The molecule has 0 saturated carbocycles. The van der Waals surface area contributed by atoms with Crippen molar-refractivity contribution < 1.29 is 9.13 Å². The molecule has 0 spiro atoms. The van der Waals surface area contributed by atoms with E-state index in [0.717, 1.165) is 46.6 Å². The van der Waals surface area contributed by atoms with Crippen LogP contribution in [0, 0.1) is 5.82 Å². The molecule has 11 heteroatoms. The molecule has 0 radical (unpaired) electrons. The van der Waals surface area contributed by atoms with Crippen LogP contribution >= 0.6 is 0 Å². The molecule has 2 aliphatic rings. The number of pyridine rings is 1. The summed E-state index contributed by atoms with van der Waals surface area (Å²) < 4.78 is 22.2. The van der Waals surface area contributed by atoms with Gasteiger partial charge in [0.2, 0.25) is 0 Å². The second-order valence-electron chi connectivity index (χ2n) is 8.77. The summed E-state index contributed by atoms with van der Waals surface area (Å²) in [6.45, 7) is 1.42. The number of aryl methyl sites for hydroxylation is 1. The highest BCUT2D eigenvalue weighted by Crippen LogP contribution is 2.46. The van der Waals surface area contributed by atoms with E-state index in [9.17, 15) is 4.39 Å². The van der Waals surface area contributed by atoms with E-state index in [1.165, 1.54) is 12.4 Å². The molecule has 0 unspecified atom stereocenters. The Bertz CT molecular complexity index is 1440. The molecule has 1 aliphatic carbocycles. The fourth-order valence-corrected chi connectivity index (χ4v) is 4.83. The number of halogens is 1. The zero-order chi connectivity index (χ0) is 24.1. The summed E-state index contributed by atoms with van der Waals surface area (Å²) in [7, 11) is 3.60. The van der Waals surface area contributed by atoms with Crippen LogP contribution in [0.5, 0.6) is 11.8 Å². The molecule has 6 rings (SSSR count). The molecule has 0 amide bonds. The smallest absolute Gasteiger partial charge is 0.324 e. The maximum atomic E-state index is 14.5. The van der Waals surface area contributed by atoms with Crippen molar-refractivity contribution in [3.63, 3.8) is 0 Å². The second-order valence-corrected chi connectivity index (χ2v) is 8.77. The molecule has 178 valence electrons. The van der Waals surface area contributed by atoms with Crippen molar-refractivity contribution in [3.8, 4) is 34.3 Å². The first kappa shape index (κ1) is 21.4. The van der Waals surface area contributed by atoms with E-state index in [-0.39, 0.29) is 17.9 Å². The van der Waals surface area contributed by atoms with Crippen LogP contribution in [-0.2, 0) is 13.5 Å². The van der Waals surface area contributed by atoms with Crippen LogP contribution in [0.1, 0.15) is 17.7 Å². The van der Waals surface area contributed by atoms with Crippen molar-refractivity contribution in [1.82, 2.24) is 29.7 Å². The van der Waals surface area contributed by atoms with Gasteiger partial charge in [-0.2, -0.15) is 15.1 Å². The highest BCUT2D eigenvalue weighted by Gasteiger charge is 2.32. The molecule has 35 heavy (non-hydrogen) atoms. The Balaban J connectivity index is 1.43. The maximum absolute atomic E-state index is 14.5. The Kier molecular flexibility index (Phi) is 5.06. The van der Waals surface area contributed by atoms with E-state index in [4.69, 9.17) is 20.4 Å². The Morgan fingerprint density at radius 3 is 2.83 bits per heavy atom. The second kappa shape index (κ2) is 8.27. The average molecular weight is 474 g/mol. The monoisotopic (exact) mass is 473 g/mol. The van der Waals surface area contributed by atoms with Gasteiger partial charge in [-0.25, -0.2) is 14.1 Å². The summed E-state index contributed by atoms with van der Waals surface area (Å²) >= 11 is 0. The third-order valence-corrected chi connectivity index (χ3v) is 6.46. The first-order valence-electron chi connectivity index (χ1n) is 11.4. The van der Waals surface area contributed by atoms with E-state index in [0.29, 0.717) is 30.4 Å². The summed E-state index contributed by atoms with van der Waals surface area (Å²) in [5.74, 6) is 1.55. The van der Waals surface area contributed by atoms with Crippen molar-refractivity contribution in [2.75, 3.05) is 30.4 Å². The molecule has 1 fully saturated rings. The van der Waals surface area contributed by atoms with E-state index in [1.54, 1.807) is 30.2 Å². The minimum atomic E-state index is -0.308. The van der Waals surface area contributed by atoms with Crippen LogP contribution in [0.3, 0.4) is 0 Å². The van der Waals surface area contributed by atoms with Crippen LogP contribution in [0.4, 0.5) is 15.9 Å². The minimum Gasteiger partial charge on any atom is -0.423 e. The number of ether oxygens (including phenoxy) is 1. The molecule has 4 aromatic rings. The number of benzene rings is 1. The highest BCUT2D eigenvalue weighted by atomic mass is 19.1. The van der Waals surface area contributed by atoms with Gasteiger partial charge in [0, 0.05) is 62.7 Å². The van der Waals surface area contributed by atoms with E-state index in [2.05, 4.69) is 25.3 Å². The lowest BCUT2D eigenvalue weighted by molar-refractivity contribution is 0.438. The van der Waals surface area contributed by atoms with Gasteiger partial charge in [-0.15, -0.1) is 0 Å². The van der Waals surface area contributed by atoms with Crippen molar-refractivity contribution in [1.29, 1.82) is 0 Å². The number of hydrogen-bond acceptors (Lipinski definition) is 9. The van der Waals surface area contributed by atoms with Crippen LogP contribution < -0.4 is 20.7 Å². The normalized spacial score (nSPS) is 16.3. The summed E-state index contributed by atoms with van der Waals surface area (Å²) in [6.07, 6.45) is 6.19. The van der Waals surface area contributed by atoms with Crippen molar-refractivity contribution in [2.24, 2.45) is 12.8 Å². The molecule has 10 nitrogen and oxygen atoms in total. The quantitative estimate of drug-likeness (QED) is 0.397. The first-order chi connectivity index (χ1) is 17.0. The molecule has 1 saturated heterocycles. The molecule has 4 heterocycles. The molecule has 0 bridgehead atoms. The standard InChI is InChI=1S/C24H24FN9O/c1-27-19-7-14(25)6-18-17(19)8-20-21(18)23(34-4-3-15(26)11-34)32-24(31-20)35-16-5-13(9-28-10-16)22-29-12-30-33(22)2/h5-7,9-10,12,15,27H,3-4,8,11,26H2,1-2H3/t15-/m1/s1. The first-order valence-corrected chi connectivity index (χ1v) is 11.4. The number of fused-ring (bicyclic) bond motifs is 3. The Labute approximate surface area is 201 Å². The van der Waals surface area contributed by atoms with Gasteiger partial charge in [-0.05, 0) is 35.7 Å². The third-order valence-electron chi connectivity index (χ3n) is 6.46. The van der Waals surface area contributed by atoms with E-state index in [1.807, 2.05) is 13.1 Å². The van der Waals surface area contributed by atoms with Crippen LogP contribution in [0.2, 0.25) is 0 Å². The number of nitrogens with two attached hydrogens (primary N) is 1. The number of anilines is 2. The van der Waals surface area contributed by atoms with Gasteiger partial charge in [-0.1, -0.05) is 0 Å². The van der Waals surface area contributed by atoms with Gasteiger partial charge in [0.25, 0.3) is 0 Å². The van der Waals surface area contributed by atoms with Gasteiger partial charge in [-0.3, -0.25) is 4.98 Å². The third kappa shape index (κ3) is 3.73. The summed E-state index contributed by atoms with van der Waals surface area (Å²) in [6, 6.07) is 5.14. The topological polar surface area (TPSA) is 120 Å². The lowest BCUT2D eigenvalue weighted by Gasteiger charge is -2.21. The lowest BCUT2D eigenvalue weighted by atomic mass is 10.0. The number of hydrogen-bond donors (Lipinski definition) is 2. The van der Waals surface area contributed by atoms with Gasteiger partial charge in [0.1, 0.15) is 23.7 Å².